The van der Waals surface area contributed by atoms with Gasteiger partial charge in [-0.25, -0.2) is 19.0 Å². The third-order valence-electron chi connectivity index (χ3n) is 5.87. The number of nitrogens with zero attached hydrogens (tertiary/aromatic N) is 1. The molecule has 7 heteroatoms. The number of methoxy groups -OCH3 is 1. The second kappa shape index (κ2) is 8.29. The van der Waals surface area contributed by atoms with Crippen molar-refractivity contribution in [1.29, 1.82) is 0 Å². The van der Waals surface area contributed by atoms with E-state index in [1.54, 1.807) is 24.3 Å². The fraction of sp³-hybridized carbons (Fsp3) is 0.364. The molecule has 0 aromatic heterocycles. The van der Waals surface area contributed by atoms with Gasteiger partial charge in [0.1, 0.15) is 11.6 Å². The van der Waals surface area contributed by atoms with Gasteiger partial charge in [-0.2, -0.15) is 5.10 Å². The first-order valence-electron chi connectivity index (χ1n) is 9.75. The summed E-state index contributed by atoms with van der Waals surface area (Å²) in [6, 6.07) is 12.7. The van der Waals surface area contributed by atoms with Gasteiger partial charge in [0, 0.05) is 29.6 Å². The Morgan fingerprint density at radius 3 is 1.90 bits per heavy atom. The van der Waals surface area contributed by atoms with Crippen molar-refractivity contribution in [2.75, 3.05) is 7.11 Å². The molecule has 1 amide bonds. The molecule has 0 spiro atoms. The van der Waals surface area contributed by atoms with Crippen LogP contribution in [0.3, 0.4) is 0 Å². The number of carbonyl (C=O) groups excluding carboxylic acids is 1. The number of fused-ring (bicyclic) bond motifs is 2. The zero-order chi connectivity index (χ0) is 20.4. The summed E-state index contributed by atoms with van der Waals surface area (Å²) in [4.78, 5) is 11.6. The first-order chi connectivity index (χ1) is 14.1. The number of nitrogens with one attached hydrogen (secondary N) is 2. The average Bonchev–Trinajstić information content (AvgIpc) is 2.73. The number of rotatable bonds is 3. The van der Waals surface area contributed by atoms with E-state index >= 15 is 0 Å². The van der Waals surface area contributed by atoms with Crippen molar-refractivity contribution in [2.45, 2.75) is 31.3 Å². The van der Waals surface area contributed by atoms with Crippen LogP contribution in [0.15, 0.2) is 53.6 Å². The minimum Gasteiger partial charge on any atom is -0.452 e. The van der Waals surface area contributed by atoms with Crippen LogP contribution in [0.5, 0.6) is 0 Å². The van der Waals surface area contributed by atoms with E-state index in [4.69, 9.17) is 0 Å². The molecular weight excluding hydrogens is 376 g/mol. The molecule has 1 saturated heterocycles. The molecule has 5 nitrogen and oxygen atoms in total. The van der Waals surface area contributed by atoms with Crippen LogP contribution in [0, 0.1) is 23.5 Å². The minimum absolute atomic E-state index is 0.0630. The van der Waals surface area contributed by atoms with Gasteiger partial charge in [-0.1, -0.05) is 30.7 Å². The fourth-order valence-electron chi connectivity index (χ4n) is 4.55. The van der Waals surface area contributed by atoms with Gasteiger partial charge in [-0.05, 0) is 48.2 Å². The number of amides is 1. The Bertz CT molecular complexity index is 838. The van der Waals surface area contributed by atoms with Gasteiger partial charge in [-0.15, -0.1) is 0 Å². The standard InChI is InChI=1S/C22H23F2N3O2/c1-29-22(28)27-26-21-17-3-2-4-18(21)20(14-7-11-16(24)12-8-14)25-19(17)13-5-9-15(23)10-6-13/h5-12,17-20,25H,2-4H2,1H3,(H,27,28)/t17-,18+,19+,20-. The summed E-state index contributed by atoms with van der Waals surface area (Å²) in [7, 11) is 1.29. The zero-order valence-corrected chi connectivity index (χ0v) is 16.1. The van der Waals surface area contributed by atoms with Crippen LogP contribution in [0.1, 0.15) is 42.5 Å². The largest absolute Gasteiger partial charge is 0.452 e. The van der Waals surface area contributed by atoms with Gasteiger partial charge in [-0.3, -0.25) is 0 Å². The van der Waals surface area contributed by atoms with Crippen LogP contribution in [-0.4, -0.2) is 18.9 Å². The molecule has 1 saturated carbocycles. The van der Waals surface area contributed by atoms with Crippen LogP contribution in [0.2, 0.25) is 0 Å². The lowest BCUT2D eigenvalue weighted by molar-refractivity contribution is 0.170. The highest BCUT2D eigenvalue weighted by molar-refractivity contribution is 5.92. The lowest BCUT2D eigenvalue weighted by Gasteiger charge is -2.47. The maximum atomic E-state index is 13.5. The summed E-state index contributed by atoms with van der Waals surface area (Å²) in [5.41, 5.74) is 5.27. The van der Waals surface area contributed by atoms with Crippen molar-refractivity contribution in [2.24, 2.45) is 16.9 Å². The average molecular weight is 399 g/mol. The number of piperidine rings is 1. The Balaban J connectivity index is 1.74. The number of hydrogen-bond donors (Lipinski definition) is 2. The van der Waals surface area contributed by atoms with E-state index in [9.17, 15) is 13.6 Å². The summed E-state index contributed by atoms with van der Waals surface area (Å²) in [5.74, 6) is -0.453. The number of carbonyl (C=O) groups is 1. The highest BCUT2D eigenvalue weighted by Gasteiger charge is 2.45. The van der Waals surface area contributed by atoms with Crippen molar-refractivity contribution >= 4 is 11.8 Å². The van der Waals surface area contributed by atoms with E-state index in [2.05, 4.69) is 20.6 Å². The Kier molecular flexibility index (Phi) is 5.58. The van der Waals surface area contributed by atoms with Crippen molar-refractivity contribution in [3.05, 3.63) is 71.3 Å². The third-order valence-corrected chi connectivity index (χ3v) is 5.87. The SMILES string of the molecule is COC(=O)NN=C1[C@H]2CCC[C@@H]1[C@H](c1ccc(F)cc1)N[C@@H]2c1ccc(F)cc1. The maximum Gasteiger partial charge on any atom is 0.427 e. The first kappa shape index (κ1) is 19.5. The molecule has 0 radical (unpaired) electrons. The number of hydrazone groups is 1. The van der Waals surface area contributed by atoms with E-state index in [0.717, 1.165) is 36.1 Å². The molecule has 0 unspecified atom stereocenters. The van der Waals surface area contributed by atoms with E-state index in [0.29, 0.717) is 0 Å². The minimum atomic E-state index is -0.620. The molecule has 2 N–H and O–H groups in total. The third kappa shape index (κ3) is 4.00. The molecule has 2 aromatic carbocycles. The van der Waals surface area contributed by atoms with Crippen LogP contribution >= 0.6 is 0 Å². The van der Waals surface area contributed by atoms with Crippen molar-refractivity contribution in [3.63, 3.8) is 0 Å². The summed E-state index contributed by atoms with van der Waals surface area (Å²) >= 11 is 0. The molecule has 2 aromatic rings. The first-order valence-corrected chi connectivity index (χ1v) is 9.75. The van der Waals surface area contributed by atoms with Crippen molar-refractivity contribution in [3.8, 4) is 0 Å². The summed E-state index contributed by atoms with van der Waals surface area (Å²) in [5, 5.41) is 8.12. The Morgan fingerprint density at radius 2 is 1.45 bits per heavy atom. The van der Waals surface area contributed by atoms with Gasteiger partial charge in [0.2, 0.25) is 0 Å². The molecule has 2 aliphatic rings. The molecular formula is C22H23F2N3O2. The van der Waals surface area contributed by atoms with Crippen LogP contribution in [-0.2, 0) is 4.74 Å². The Hall–Kier alpha value is -2.80. The molecule has 2 bridgehead atoms. The topological polar surface area (TPSA) is 62.7 Å². The number of benzene rings is 2. The van der Waals surface area contributed by atoms with Gasteiger partial charge >= 0.3 is 6.09 Å². The van der Waals surface area contributed by atoms with E-state index in [1.165, 1.54) is 31.4 Å². The van der Waals surface area contributed by atoms with Crippen LogP contribution < -0.4 is 10.7 Å². The maximum absolute atomic E-state index is 13.5. The molecule has 29 heavy (non-hydrogen) atoms. The number of ether oxygens (including phenoxy) is 1. The van der Waals surface area contributed by atoms with Crippen LogP contribution in [0.25, 0.3) is 0 Å². The second-order valence-electron chi connectivity index (χ2n) is 7.51. The van der Waals surface area contributed by atoms with E-state index in [-0.39, 0.29) is 35.6 Å². The molecule has 1 aliphatic carbocycles. The Morgan fingerprint density at radius 1 is 0.966 bits per heavy atom. The van der Waals surface area contributed by atoms with Gasteiger partial charge < -0.3 is 10.1 Å². The number of halogens is 2. The predicted octanol–water partition coefficient (Wildman–Crippen LogP) is 4.48. The molecule has 1 aliphatic heterocycles. The highest BCUT2D eigenvalue weighted by Crippen LogP contribution is 2.46. The highest BCUT2D eigenvalue weighted by atomic mass is 19.1. The molecule has 2 fully saturated rings. The smallest absolute Gasteiger partial charge is 0.427 e. The van der Waals surface area contributed by atoms with Gasteiger partial charge in [0.25, 0.3) is 0 Å². The van der Waals surface area contributed by atoms with Crippen molar-refractivity contribution < 1.29 is 18.3 Å². The summed E-state index contributed by atoms with van der Waals surface area (Å²) in [6.07, 6.45) is 2.21. The summed E-state index contributed by atoms with van der Waals surface area (Å²) < 4.78 is 31.6. The van der Waals surface area contributed by atoms with Crippen molar-refractivity contribution in [1.82, 2.24) is 10.7 Å². The van der Waals surface area contributed by atoms with E-state index < -0.39 is 6.09 Å². The zero-order valence-electron chi connectivity index (χ0n) is 16.1. The van der Waals surface area contributed by atoms with Gasteiger partial charge in [0.15, 0.2) is 0 Å². The second-order valence-corrected chi connectivity index (χ2v) is 7.51. The quantitative estimate of drug-likeness (QED) is 0.748. The molecule has 1 heterocycles. The monoisotopic (exact) mass is 399 g/mol. The lowest BCUT2D eigenvalue weighted by Crippen LogP contribution is -2.51. The molecule has 152 valence electrons. The fourth-order valence-corrected chi connectivity index (χ4v) is 4.55. The van der Waals surface area contributed by atoms with Gasteiger partial charge in [0.05, 0.1) is 7.11 Å². The van der Waals surface area contributed by atoms with E-state index in [1.807, 2.05) is 0 Å². The normalized spacial score (nSPS) is 27.5. The summed E-state index contributed by atoms with van der Waals surface area (Å²) in [6.45, 7) is 0. The molecule has 4 atom stereocenters. The predicted molar refractivity (Wildman–Crippen MR) is 105 cm³/mol. The van der Waals surface area contributed by atoms with Crippen LogP contribution in [0.4, 0.5) is 13.6 Å². The molecule has 4 rings (SSSR count). The number of hydrogen-bond acceptors (Lipinski definition) is 4. The lowest BCUT2D eigenvalue weighted by atomic mass is 9.67. The Labute approximate surface area is 168 Å².